The third-order valence-corrected chi connectivity index (χ3v) is 5.92. The average Bonchev–Trinajstić information content (AvgIpc) is 3.16. The molecule has 2 aromatic heterocycles. The summed E-state index contributed by atoms with van der Waals surface area (Å²) >= 11 is 7.64. The number of anilines is 1. The first-order valence-corrected chi connectivity index (χ1v) is 8.95. The molecule has 0 unspecified atom stereocenters. The normalized spacial score (nSPS) is 31.5. The second kappa shape index (κ2) is 5.70. The zero-order chi connectivity index (χ0) is 17.1. The minimum atomic E-state index is -0.679. The predicted octanol–water partition coefficient (Wildman–Crippen LogP) is 1.65. The Morgan fingerprint density at radius 2 is 2.12 bits per heavy atom. The molecule has 4 rings (SSSR count). The molecule has 130 valence electrons. The smallest absolute Gasteiger partial charge is 0.226 e. The maximum absolute atomic E-state index is 9.70. The molecule has 10 heteroatoms. The van der Waals surface area contributed by atoms with E-state index in [4.69, 9.17) is 21.1 Å². The number of imidazole rings is 1. The van der Waals surface area contributed by atoms with Gasteiger partial charge in [-0.3, -0.25) is 4.57 Å². The summed E-state index contributed by atoms with van der Waals surface area (Å²) in [6.07, 6.45) is 1.32. The van der Waals surface area contributed by atoms with Crippen molar-refractivity contribution < 1.29 is 14.6 Å². The van der Waals surface area contributed by atoms with Crippen LogP contribution >= 0.6 is 23.4 Å². The number of aliphatic hydroxyl groups is 1. The lowest BCUT2D eigenvalue weighted by Gasteiger charge is -2.23. The van der Waals surface area contributed by atoms with Crippen LogP contribution < -0.4 is 5.32 Å². The zero-order valence-electron chi connectivity index (χ0n) is 13.4. The summed E-state index contributed by atoms with van der Waals surface area (Å²) in [5.41, 5.74) is 1.27. The molecule has 2 aliphatic rings. The number of nitrogens with zero attached hydrogens (tertiary/aromatic N) is 4. The third-order valence-electron chi connectivity index (χ3n) is 4.21. The zero-order valence-corrected chi connectivity index (χ0v) is 15.0. The molecule has 0 aliphatic carbocycles. The van der Waals surface area contributed by atoms with E-state index in [0.717, 1.165) is 0 Å². The molecule has 2 N–H and O–H groups in total. The number of hydrogen-bond donors (Lipinski definition) is 2. The van der Waals surface area contributed by atoms with E-state index >= 15 is 0 Å². The van der Waals surface area contributed by atoms with Crippen molar-refractivity contribution in [1.29, 1.82) is 0 Å². The Hall–Kier alpha value is -1.13. The fourth-order valence-electron chi connectivity index (χ4n) is 3.28. The molecule has 24 heavy (non-hydrogen) atoms. The Balaban J connectivity index is 1.79. The molecule has 0 spiro atoms. The summed E-state index contributed by atoms with van der Waals surface area (Å²) < 4.78 is 14.0. The fourth-order valence-corrected chi connectivity index (χ4v) is 4.91. The largest absolute Gasteiger partial charge is 0.395 e. The fraction of sp³-hybridized carbons (Fsp3) is 0.643. The Labute approximate surface area is 147 Å². The second-order valence-corrected chi connectivity index (χ2v) is 7.93. The highest BCUT2D eigenvalue weighted by molar-refractivity contribution is 8.00. The highest BCUT2D eigenvalue weighted by atomic mass is 35.5. The molecule has 0 saturated carbocycles. The van der Waals surface area contributed by atoms with Gasteiger partial charge in [-0.2, -0.15) is 9.97 Å². The second-order valence-electron chi connectivity index (χ2n) is 6.23. The van der Waals surface area contributed by atoms with E-state index in [1.807, 2.05) is 18.4 Å². The van der Waals surface area contributed by atoms with Crippen LogP contribution in [0.25, 0.3) is 11.2 Å². The van der Waals surface area contributed by atoms with Crippen LogP contribution in [-0.2, 0) is 9.47 Å². The van der Waals surface area contributed by atoms with Gasteiger partial charge in [0, 0.05) is 7.05 Å². The molecule has 2 saturated heterocycles. The maximum atomic E-state index is 9.70. The molecule has 2 aromatic rings. The lowest BCUT2D eigenvalue weighted by Crippen LogP contribution is -2.30. The van der Waals surface area contributed by atoms with E-state index in [2.05, 4.69) is 20.3 Å². The number of hydrogen-bond acceptors (Lipinski definition) is 8. The molecule has 2 fully saturated rings. The molecule has 0 aromatic carbocycles. The van der Waals surface area contributed by atoms with E-state index in [-0.39, 0.29) is 34.7 Å². The minimum absolute atomic E-state index is 0.0198. The molecular formula is C14H18ClN5O3S. The highest BCUT2D eigenvalue weighted by Crippen LogP contribution is 2.51. The van der Waals surface area contributed by atoms with Gasteiger partial charge in [0.05, 0.1) is 18.2 Å². The monoisotopic (exact) mass is 371 g/mol. The Kier molecular flexibility index (Phi) is 3.88. The predicted molar refractivity (Wildman–Crippen MR) is 91.2 cm³/mol. The molecule has 8 nitrogen and oxygen atoms in total. The lowest BCUT2D eigenvalue weighted by atomic mass is 10.1. The van der Waals surface area contributed by atoms with Gasteiger partial charge in [0.1, 0.15) is 17.6 Å². The Morgan fingerprint density at radius 3 is 2.83 bits per heavy atom. The summed E-state index contributed by atoms with van der Waals surface area (Å²) in [7, 11) is 1.76. The minimum Gasteiger partial charge on any atom is -0.395 e. The van der Waals surface area contributed by atoms with Gasteiger partial charge < -0.3 is 19.9 Å². The third kappa shape index (κ3) is 2.46. The van der Waals surface area contributed by atoms with Gasteiger partial charge in [-0.05, 0) is 25.4 Å². The lowest BCUT2D eigenvalue weighted by molar-refractivity contribution is -0.149. The number of nitrogens with one attached hydrogen (secondary N) is 1. The first-order valence-electron chi connectivity index (χ1n) is 7.63. The topological polar surface area (TPSA) is 94.3 Å². The van der Waals surface area contributed by atoms with Crippen molar-refractivity contribution in [1.82, 2.24) is 19.5 Å². The van der Waals surface area contributed by atoms with Gasteiger partial charge in [0.2, 0.25) is 5.28 Å². The first kappa shape index (κ1) is 16.3. The van der Waals surface area contributed by atoms with Gasteiger partial charge in [0.25, 0.3) is 0 Å². The van der Waals surface area contributed by atoms with Crippen LogP contribution in [0.5, 0.6) is 0 Å². The van der Waals surface area contributed by atoms with Crippen LogP contribution in [0.1, 0.15) is 19.2 Å². The molecule has 4 atom stereocenters. The van der Waals surface area contributed by atoms with Gasteiger partial charge in [-0.25, -0.2) is 4.98 Å². The molecule has 0 radical (unpaired) electrons. The summed E-state index contributed by atoms with van der Waals surface area (Å²) in [6.45, 7) is 3.78. The standard InChI is InChI=1S/C14H18ClN5O3S/c1-14(2)22-8-6(4-21)24-12(9(8)23-14)20-5-17-7-10(16-3)18-13(15)19-11(7)20/h5-6,8-9,12,21H,4H2,1-3H3,(H,16,18,19)/t6-,8-,9-,12-/m1/s1. The summed E-state index contributed by atoms with van der Waals surface area (Å²) in [5.74, 6) is -0.105. The number of aromatic nitrogens is 4. The molecule has 0 bridgehead atoms. The molecule has 2 aliphatic heterocycles. The van der Waals surface area contributed by atoms with Crippen LogP contribution in [0, 0.1) is 0 Å². The number of ether oxygens (including phenoxy) is 2. The quantitative estimate of drug-likeness (QED) is 0.786. The van der Waals surface area contributed by atoms with Crippen LogP contribution in [0.2, 0.25) is 5.28 Å². The van der Waals surface area contributed by atoms with Crippen molar-refractivity contribution in [2.75, 3.05) is 19.0 Å². The number of aliphatic hydroxyl groups excluding tert-OH is 1. The van der Waals surface area contributed by atoms with E-state index in [1.165, 1.54) is 0 Å². The molecular weight excluding hydrogens is 354 g/mol. The van der Waals surface area contributed by atoms with Crippen molar-refractivity contribution in [3.63, 3.8) is 0 Å². The van der Waals surface area contributed by atoms with Crippen LogP contribution in [0.15, 0.2) is 6.33 Å². The Morgan fingerprint density at radius 1 is 1.38 bits per heavy atom. The first-order chi connectivity index (χ1) is 11.4. The highest BCUT2D eigenvalue weighted by Gasteiger charge is 2.55. The number of halogens is 1. The summed E-state index contributed by atoms with van der Waals surface area (Å²) in [4.78, 5) is 12.9. The van der Waals surface area contributed by atoms with E-state index < -0.39 is 5.79 Å². The van der Waals surface area contributed by atoms with Gasteiger partial charge in [-0.15, -0.1) is 11.8 Å². The molecule has 0 amide bonds. The average molecular weight is 372 g/mol. The Bertz CT molecular complexity index is 785. The van der Waals surface area contributed by atoms with E-state index in [9.17, 15) is 5.11 Å². The number of rotatable bonds is 3. The van der Waals surface area contributed by atoms with Gasteiger partial charge in [-0.1, -0.05) is 0 Å². The van der Waals surface area contributed by atoms with Crippen molar-refractivity contribution in [2.24, 2.45) is 0 Å². The SMILES string of the molecule is CNc1nc(Cl)nc2c1ncn2[C@@H]1S[C@H](CO)[C@H]2OC(C)(C)O[C@H]21. The van der Waals surface area contributed by atoms with Crippen molar-refractivity contribution in [2.45, 2.75) is 42.5 Å². The van der Waals surface area contributed by atoms with Crippen molar-refractivity contribution in [3.05, 3.63) is 11.6 Å². The maximum Gasteiger partial charge on any atom is 0.226 e. The van der Waals surface area contributed by atoms with Crippen LogP contribution in [0.4, 0.5) is 5.82 Å². The van der Waals surface area contributed by atoms with Gasteiger partial charge >= 0.3 is 0 Å². The van der Waals surface area contributed by atoms with Crippen LogP contribution in [-0.4, -0.2) is 61.5 Å². The summed E-state index contributed by atoms with van der Waals surface area (Å²) in [5, 5.41) is 12.6. The van der Waals surface area contributed by atoms with Gasteiger partial charge in [0.15, 0.2) is 22.8 Å². The number of fused-ring (bicyclic) bond motifs is 2. The summed E-state index contributed by atoms with van der Waals surface area (Å²) in [6, 6.07) is 0. The van der Waals surface area contributed by atoms with Crippen molar-refractivity contribution >= 4 is 40.3 Å². The molecule has 4 heterocycles. The van der Waals surface area contributed by atoms with Crippen LogP contribution in [0.3, 0.4) is 0 Å². The van der Waals surface area contributed by atoms with Crippen molar-refractivity contribution in [3.8, 4) is 0 Å². The number of thioether (sulfide) groups is 1. The van der Waals surface area contributed by atoms with E-state index in [1.54, 1.807) is 25.1 Å². The van der Waals surface area contributed by atoms with E-state index in [0.29, 0.717) is 17.0 Å².